The van der Waals surface area contributed by atoms with Crippen LogP contribution in [0.2, 0.25) is 0 Å². The van der Waals surface area contributed by atoms with E-state index < -0.39 is 0 Å². The smallest absolute Gasteiger partial charge is 0.0972 e. The van der Waals surface area contributed by atoms with Gasteiger partial charge in [-0.05, 0) is 41.5 Å². The van der Waals surface area contributed by atoms with Gasteiger partial charge in [0, 0.05) is 49.1 Å². The molecule has 0 bridgehead atoms. The molecular weight excluding hydrogens is 522 g/mol. The number of aryl methyl sites for hydroxylation is 1. The van der Waals surface area contributed by atoms with E-state index in [0.29, 0.717) is 0 Å². The fourth-order valence-electron chi connectivity index (χ4n) is 6.58. The van der Waals surface area contributed by atoms with Crippen molar-refractivity contribution in [2.45, 2.75) is 6.92 Å². The summed E-state index contributed by atoms with van der Waals surface area (Å²) in [6.07, 6.45) is 0. The zero-order chi connectivity index (χ0) is 28.5. The third-order valence-electron chi connectivity index (χ3n) is 8.67. The summed E-state index contributed by atoms with van der Waals surface area (Å²) < 4.78 is 0. The third kappa shape index (κ3) is 3.72. The summed E-state index contributed by atoms with van der Waals surface area (Å²) >= 11 is 0. The molecule has 0 radical (unpaired) electrons. The van der Waals surface area contributed by atoms with Gasteiger partial charge in [0.1, 0.15) is 0 Å². The summed E-state index contributed by atoms with van der Waals surface area (Å²) in [7, 11) is 0. The van der Waals surface area contributed by atoms with Gasteiger partial charge in [0.25, 0.3) is 0 Å². The van der Waals surface area contributed by atoms with Crippen LogP contribution >= 0.6 is 0 Å². The molecule has 0 amide bonds. The van der Waals surface area contributed by atoms with E-state index in [1.807, 2.05) is 6.92 Å². The molecule has 0 spiro atoms. The maximum atomic E-state index is 5.35. The largest absolute Gasteiger partial charge is 0.251 e. The number of fused-ring (bicyclic) bond motifs is 9. The second kappa shape index (κ2) is 9.17. The molecule has 0 saturated carbocycles. The van der Waals surface area contributed by atoms with E-state index in [4.69, 9.17) is 15.0 Å². The Morgan fingerprint density at radius 2 is 0.930 bits per heavy atom. The maximum Gasteiger partial charge on any atom is 0.0972 e. The molecule has 3 nitrogen and oxygen atoms in total. The van der Waals surface area contributed by atoms with Crippen molar-refractivity contribution in [2.24, 2.45) is 0 Å². The summed E-state index contributed by atoms with van der Waals surface area (Å²) in [5.41, 5.74) is 9.27. The molecule has 0 N–H and O–H groups in total. The number of hydrogen-bond acceptors (Lipinski definition) is 3. The van der Waals surface area contributed by atoms with Gasteiger partial charge in [0.05, 0.1) is 27.8 Å². The monoisotopic (exact) mass is 547 g/mol. The normalized spacial score (nSPS) is 11.8. The van der Waals surface area contributed by atoms with Gasteiger partial charge in [-0.3, -0.25) is 4.98 Å². The molecule has 0 atom stereocenters. The van der Waals surface area contributed by atoms with Gasteiger partial charge in [0.15, 0.2) is 0 Å². The van der Waals surface area contributed by atoms with Crippen molar-refractivity contribution in [3.05, 3.63) is 139 Å². The Kier molecular flexibility index (Phi) is 5.11. The second-order valence-corrected chi connectivity index (χ2v) is 11.3. The van der Waals surface area contributed by atoms with Crippen molar-refractivity contribution >= 4 is 65.2 Å². The predicted octanol–water partition coefficient (Wildman–Crippen LogP) is 10.4. The first kappa shape index (κ1) is 24.0. The molecule has 0 fully saturated rings. The van der Waals surface area contributed by atoms with E-state index in [1.165, 1.54) is 16.3 Å². The molecule has 9 aromatic rings. The number of hydrogen-bond donors (Lipinski definition) is 0. The van der Waals surface area contributed by atoms with Gasteiger partial charge in [0.2, 0.25) is 0 Å². The summed E-state index contributed by atoms with van der Waals surface area (Å²) in [6, 6.07) is 47.4. The van der Waals surface area contributed by atoms with Crippen LogP contribution in [0.1, 0.15) is 5.69 Å². The van der Waals surface area contributed by atoms with E-state index in [1.54, 1.807) is 0 Å². The molecule has 0 aliphatic heterocycles. The maximum absolute atomic E-state index is 5.35. The average Bonchev–Trinajstić information content (AvgIpc) is 3.07. The van der Waals surface area contributed by atoms with Crippen molar-refractivity contribution in [3.63, 3.8) is 0 Å². The zero-order valence-corrected chi connectivity index (χ0v) is 23.5. The van der Waals surface area contributed by atoms with E-state index in [2.05, 4.69) is 133 Å². The van der Waals surface area contributed by atoms with Crippen LogP contribution in [0.3, 0.4) is 0 Å². The van der Waals surface area contributed by atoms with Crippen LogP contribution in [0.15, 0.2) is 133 Å². The molecular formula is C40H25N3. The van der Waals surface area contributed by atoms with Crippen molar-refractivity contribution in [3.8, 4) is 22.4 Å². The zero-order valence-electron chi connectivity index (χ0n) is 23.5. The number of aromatic nitrogens is 3. The summed E-state index contributed by atoms with van der Waals surface area (Å²) in [6.45, 7) is 2.03. The van der Waals surface area contributed by atoms with Crippen LogP contribution in [0.5, 0.6) is 0 Å². The van der Waals surface area contributed by atoms with E-state index in [9.17, 15) is 0 Å². The average molecular weight is 548 g/mol. The highest BCUT2D eigenvalue weighted by Crippen LogP contribution is 2.40. The lowest BCUT2D eigenvalue weighted by Crippen LogP contribution is -1.93. The summed E-state index contributed by atoms with van der Waals surface area (Å²) in [4.78, 5) is 15.4. The van der Waals surface area contributed by atoms with Crippen LogP contribution in [-0.4, -0.2) is 15.0 Å². The fraction of sp³-hybridized carbons (Fsp3) is 0.0250. The van der Waals surface area contributed by atoms with Crippen LogP contribution in [-0.2, 0) is 0 Å². The van der Waals surface area contributed by atoms with Crippen LogP contribution < -0.4 is 0 Å². The van der Waals surface area contributed by atoms with Crippen LogP contribution in [0, 0.1) is 6.92 Å². The van der Waals surface area contributed by atoms with Crippen molar-refractivity contribution in [1.29, 1.82) is 0 Å². The molecule has 200 valence electrons. The molecule has 43 heavy (non-hydrogen) atoms. The third-order valence-corrected chi connectivity index (χ3v) is 8.67. The highest BCUT2D eigenvalue weighted by atomic mass is 14.8. The Labute approximate surface area is 248 Å². The Bertz CT molecular complexity index is 2490. The summed E-state index contributed by atoms with van der Waals surface area (Å²) in [5.74, 6) is 0. The lowest BCUT2D eigenvalue weighted by molar-refractivity contribution is 1.25. The Morgan fingerprint density at radius 1 is 0.372 bits per heavy atom. The minimum atomic E-state index is 0.932. The molecule has 6 aromatic carbocycles. The number of rotatable bonds is 2. The fourth-order valence-corrected chi connectivity index (χ4v) is 6.58. The van der Waals surface area contributed by atoms with Crippen LogP contribution in [0.25, 0.3) is 87.5 Å². The van der Waals surface area contributed by atoms with Gasteiger partial charge in [-0.25, -0.2) is 9.97 Å². The van der Waals surface area contributed by atoms with E-state index in [-0.39, 0.29) is 0 Å². The van der Waals surface area contributed by atoms with Gasteiger partial charge >= 0.3 is 0 Å². The van der Waals surface area contributed by atoms with Gasteiger partial charge in [-0.15, -0.1) is 0 Å². The van der Waals surface area contributed by atoms with Gasteiger partial charge in [-0.2, -0.15) is 0 Å². The Hall–Kier alpha value is -5.67. The molecule has 0 aliphatic rings. The number of nitrogens with zero attached hydrogens (tertiary/aromatic N) is 3. The van der Waals surface area contributed by atoms with Gasteiger partial charge < -0.3 is 0 Å². The number of benzene rings is 6. The highest BCUT2D eigenvalue weighted by Gasteiger charge is 2.16. The first-order chi connectivity index (χ1) is 21.2. The first-order valence-corrected chi connectivity index (χ1v) is 14.6. The highest BCUT2D eigenvalue weighted by molar-refractivity contribution is 6.21. The molecule has 0 saturated heterocycles. The first-order valence-electron chi connectivity index (χ1n) is 14.6. The Morgan fingerprint density at radius 3 is 1.63 bits per heavy atom. The standard InChI is InChI=1S/C40H25N3/c1-24-13-14-27-15-16-28-19-22-35(42-38(28)37(27)41-24)29-9-6-10-30(23-29)36-33-20-17-25-7-2-4-11-31(25)39(33)43-40-32-12-5-3-8-26(32)18-21-34(36)40/h2-23H,1H3. The lowest BCUT2D eigenvalue weighted by Gasteiger charge is -2.15. The minimum absolute atomic E-state index is 0.932. The van der Waals surface area contributed by atoms with E-state index >= 15 is 0 Å². The molecule has 0 aliphatic carbocycles. The lowest BCUT2D eigenvalue weighted by atomic mass is 9.91. The van der Waals surface area contributed by atoms with E-state index in [0.717, 1.165) is 76.9 Å². The minimum Gasteiger partial charge on any atom is -0.251 e. The SMILES string of the molecule is Cc1ccc2ccc3ccc(-c4cccc(-c5c6ccc7ccccc7c6nc6c5ccc5ccccc56)c4)nc3c2n1. The molecule has 0 unspecified atom stereocenters. The second-order valence-electron chi connectivity index (χ2n) is 11.3. The van der Waals surface area contributed by atoms with Crippen molar-refractivity contribution in [1.82, 2.24) is 15.0 Å². The van der Waals surface area contributed by atoms with Crippen molar-refractivity contribution < 1.29 is 0 Å². The Balaban J connectivity index is 1.34. The van der Waals surface area contributed by atoms with Gasteiger partial charge in [-0.1, -0.05) is 115 Å². The summed E-state index contributed by atoms with van der Waals surface area (Å²) in [5, 5.41) is 9.21. The topological polar surface area (TPSA) is 38.7 Å². The molecule has 9 rings (SSSR count). The van der Waals surface area contributed by atoms with Crippen LogP contribution in [0.4, 0.5) is 0 Å². The van der Waals surface area contributed by atoms with Crippen molar-refractivity contribution in [2.75, 3.05) is 0 Å². The molecule has 3 aromatic heterocycles. The molecule has 3 heterocycles. The number of pyridine rings is 3. The quantitative estimate of drug-likeness (QED) is 0.160. The predicted molar refractivity (Wildman–Crippen MR) is 180 cm³/mol. The molecule has 3 heteroatoms.